The summed E-state index contributed by atoms with van der Waals surface area (Å²) in [6.45, 7) is 3.13. The first kappa shape index (κ1) is 15.8. The lowest BCUT2D eigenvalue weighted by molar-refractivity contribution is -0.380. The molecule has 0 spiro atoms. The molecule has 2 rings (SSSR count). The van der Waals surface area contributed by atoms with E-state index in [1.807, 2.05) is 0 Å². The zero-order valence-electron chi connectivity index (χ0n) is 11.8. The van der Waals surface area contributed by atoms with Crippen LogP contribution < -0.4 is 5.43 Å². The molecule has 21 heavy (non-hydrogen) atoms. The molecule has 0 radical (unpaired) electrons. The summed E-state index contributed by atoms with van der Waals surface area (Å²) in [5.41, 5.74) is 2.87. The maximum atomic E-state index is 10.6. The van der Waals surface area contributed by atoms with Crippen LogP contribution in [0.25, 0.3) is 0 Å². The summed E-state index contributed by atoms with van der Waals surface area (Å²) in [4.78, 5) is 13.1. The molecule has 1 aliphatic rings. The van der Waals surface area contributed by atoms with E-state index in [1.165, 1.54) is 18.9 Å². The molecule has 6 nitrogen and oxygen atoms in total. The molecule has 1 fully saturated rings. The van der Waals surface area contributed by atoms with Crippen molar-refractivity contribution in [1.29, 1.82) is 0 Å². The summed E-state index contributed by atoms with van der Waals surface area (Å²) in [7, 11) is 0. The van der Waals surface area contributed by atoms with E-state index >= 15 is 0 Å². The fourth-order valence-electron chi connectivity index (χ4n) is 2.42. The lowest BCUT2D eigenvalue weighted by atomic mass is 10.0. The molecule has 1 atom stereocenters. The summed E-state index contributed by atoms with van der Waals surface area (Å²) in [6, 6.07) is 3.63. The molecule has 1 unspecified atom stereocenters. The van der Waals surface area contributed by atoms with E-state index in [-0.39, 0.29) is 5.00 Å². The Bertz CT molecular complexity index is 544. The highest BCUT2D eigenvalue weighted by atomic mass is 32.1. The Hall–Kier alpha value is -1.54. The lowest BCUT2D eigenvalue weighted by Crippen LogP contribution is -2.47. The van der Waals surface area contributed by atoms with E-state index in [0.717, 1.165) is 35.6 Å². The van der Waals surface area contributed by atoms with Crippen molar-refractivity contribution in [2.24, 2.45) is 5.10 Å². The molecule has 0 bridgehead atoms. The van der Waals surface area contributed by atoms with Gasteiger partial charge in [-0.2, -0.15) is 5.10 Å². The van der Waals surface area contributed by atoms with E-state index in [9.17, 15) is 10.1 Å². The van der Waals surface area contributed by atoms with E-state index in [4.69, 9.17) is 12.2 Å². The molecule has 1 N–H and O–H groups in total. The van der Waals surface area contributed by atoms with Crippen LogP contribution in [0.4, 0.5) is 5.00 Å². The summed E-state index contributed by atoms with van der Waals surface area (Å²) >= 11 is 6.46. The Morgan fingerprint density at radius 3 is 3.14 bits per heavy atom. The molecule has 1 aromatic rings. The van der Waals surface area contributed by atoms with E-state index in [0.29, 0.717) is 11.2 Å². The third-order valence-corrected chi connectivity index (χ3v) is 4.80. The summed E-state index contributed by atoms with van der Waals surface area (Å²) in [5, 5.41) is 15.4. The second-order valence-corrected chi connectivity index (χ2v) is 6.34. The van der Waals surface area contributed by atoms with Gasteiger partial charge in [0, 0.05) is 18.7 Å². The predicted octanol–water partition coefficient (Wildman–Crippen LogP) is 3.13. The van der Waals surface area contributed by atoms with Gasteiger partial charge in [-0.3, -0.25) is 15.5 Å². The molecule has 8 heteroatoms. The third kappa shape index (κ3) is 4.21. The fourth-order valence-corrected chi connectivity index (χ4v) is 3.40. The number of hydrazone groups is 1. The van der Waals surface area contributed by atoms with Crippen LogP contribution in [0.5, 0.6) is 0 Å². The van der Waals surface area contributed by atoms with Crippen LogP contribution in [0.1, 0.15) is 37.5 Å². The van der Waals surface area contributed by atoms with Crippen LogP contribution >= 0.6 is 23.6 Å². The summed E-state index contributed by atoms with van der Waals surface area (Å²) < 4.78 is 0. The first-order chi connectivity index (χ1) is 10.1. The van der Waals surface area contributed by atoms with Crippen LogP contribution in [0.2, 0.25) is 0 Å². The number of piperidine rings is 1. The number of hydrogen-bond donors (Lipinski definition) is 1. The fraction of sp³-hybridized carbons (Fsp3) is 0.538. The van der Waals surface area contributed by atoms with Crippen molar-refractivity contribution >= 4 is 39.9 Å². The maximum absolute atomic E-state index is 10.6. The van der Waals surface area contributed by atoms with Crippen molar-refractivity contribution in [1.82, 2.24) is 10.3 Å². The number of likely N-dealkylation sites (tertiary alicyclic amines) is 1. The first-order valence-electron chi connectivity index (χ1n) is 6.95. The van der Waals surface area contributed by atoms with E-state index in [2.05, 4.69) is 22.4 Å². The Morgan fingerprint density at radius 2 is 2.48 bits per heavy atom. The standard InChI is InChI=1S/C13H18N4O2S2/c1-2-10-5-3-4-8-16(10)13(20)15-14-9-11-6-7-12(21-11)17(18)19/h6-7,9-10H,2-5,8H2,1H3,(H,15,20)/b14-9+. The van der Waals surface area contributed by atoms with Gasteiger partial charge in [-0.15, -0.1) is 0 Å². The number of thiophene rings is 1. The number of nitrogens with zero attached hydrogens (tertiary/aromatic N) is 3. The minimum Gasteiger partial charge on any atom is -0.345 e. The van der Waals surface area contributed by atoms with Crippen molar-refractivity contribution in [3.8, 4) is 0 Å². The average Bonchev–Trinajstić information content (AvgIpc) is 2.96. The molecule has 1 aromatic heterocycles. The van der Waals surface area contributed by atoms with Crippen LogP contribution in [-0.4, -0.2) is 33.7 Å². The minimum atomic E-state index is -0.403. The normalized spacial score (nSPS) is 18.9. The van der Waals surface area contributed by atoms with Crippen molar-refractivity contribution in [3.63, 3.8) is 0 Å². The van der Waals surface area contributed by atoms with E-state index < -0.39 is 4.92 Å². The molecule has 0 saturated carbocycles. The molecule has 0 amide bonds. The second-order valence-electron chi connectivity index (χ2n) is 4.86. The van der Waals surface area contributed by atoms with Crippen molar-refractivity contribution in [3.05, 3.63) is 27.1 Å². The molecule has 114 valence electrons. The lowest BCUT2D eigenvalue weighted by Gasteiger charge is -2.36. The Labute approximate surface area is 133 Å². The number of nitro groups is 1. The van der Waals surface area contributed by atoms with Crippen LogP contribution in [0.15, 0.2) is 17.2 Å². The summed E-state index contributed by atoms with van der Waals surface area (Å²) in [6.07, 6.45) is 6.20. The predicted molar refractivity (Wildman–Crippen MR) is 88.9 cm³/mol. The highest BCUT2D eigenvalue weighted by molar-refractivity contribution is 7.80. The number of hydrogen-bond acceptors (Lipinski definition) is 5. The van der Waals surface area contributed by atoms with Gasteiger partial charge in [0.1, 0.15) is 0 Å². The summed E-state index contributed by atoms with van der Waals surface area (Å²) in [5.74, 6) is 0. The third-order valence-electron chi connectivity index (χ3n) is 3.50. The van der Waals surface area contributed by atoms with Crippen LogP contribution in [0, 0.1) is 10.1 Å². The van der Waals surface area contributed by atoms with Gasteiger partial charge in [0.05, 0.1) is 16.0 Å². The first-order valence-corrected chi connectivity index (χ1v) is 8.18. The Kier molecular flexibility index (Phi) is 5.63. The Balaban J connectivity index is 1.90. The quantitative estimate of drug-likeness (QED) is 0.398. The maximum Gasteiger partial charge on any atom is 0.324 e. The van der Waals surface area contributed by atoms with Gasteiger partial charge in [-0.05, 0) is 44.0 Å². The van der Waals surface area contributed by atoms with Gasteiger partial charge in [0.25, 0.3) is 0 Å². The highest BCUT2D eigenvalue weighted by Gasteiger charge is 2.22. The Morgan fingerprint density at radius 1 is 1.67 bits per heavy atom. The SMILES string of the molecule is CCC1CCCCN1C(=S)N/N=C/c1ccc([N+](=O)[O-])s1. The molecule has 2 heterocycles. The molecule has 0 aliphatic carbocycles. The zero-order chi connectivity index (χ0) is 15.2. The monoisotopic (exact) mass is 326 g/mol. The number of rotatable bonds is 4. The topological polar surface area (TPSA) is 70.8 Å². The molecule has 0 aromatic carbocycles. The molecular weight excluding hydrogens is 308 g/mol. The van der Waals surface area contributed by atoms with Crippen LogP contribution in [0.3, 0.4) is 0 Å². The smallest absolute Gasteiger partial charge is 0.324 e. The average molecular weight is 326 g/mol. The molecular formula is C13H18N4O2S2. The van der Waals surface area contributed by atoms with E-state index in [1.54, 1.807) is 12.3 Å². The molecule has 1 aliphatic heterocycles. The second kappa shape index (κ2) is 7.46. The minimum absolute atomic E-state index is 0.112. The largest absolute Gasteiger partial charge is 0.345 e. The number of thiocarbonyl (C=S) groups is 1. The van der Waals surface area contributed by atoms with Crippen molar-refractivity contribution in [2.75, 3.05) is 6.54 Å². The van der Waals surface area contributed by atoms with Gasteiger partial charge >= 0.3 is 5.00 Å². The van der Waals surface area contributed by atoms with Gasteiger partial charge < -0.3 is 4.90 Å². The highest BCUT2D eigenvalue weighted by Crippen LogP contribution is 2.22. The zero-order valence-corrected chi connectivity index (χ0v) is 13.5. The van der Waals surface area contributed by atoms with Gasteiger partial charge in [-0.25, -0.2) is 0 Å². The number of nitrogens with one attached hydrogen (secondary N) is 1. The van der Waals surface area contributed by atoms with Crippen LogP contribution in [-0.2, 0) is 0 Å². The molecule has 1 saturated heterocycles. The van der Waals surface area contributed by atoms with Gasteiger partial charge in [0.2, 0.25) is 0 Å². The van der Waals surface area contributed by atoms with Gasteiger partial charge in [-0.1, -0.05) is 18.3 Å². The van der Waals surface area contributed by atoms with Crippen molar-refractivity contribution < 1.29 is 4.92 Å². The van der Waals surface area contributed by atoms with Crippen molar-refractivity contribution in [2.45, 2.75) is 38.6 Å². The van der Waals surface area contributed by atoms with Gasteiger partial charge in [0.15, 0.2) is 5.11 Å².